The quantitative estimate of drug-likeness (QED) is 0.875. The van der Waals surface area contributed by atoms with Crippen LogP contribution < -0.4 is 0 Å². The lowest BCUT2D eigenvalue weighted by molar-refractivity contribution is -0.141. The van der Waals surface area contributed by atoms with E-state index in [1.165, 1.54) is 0 Å². The van der Waals surface area contributed by atoms with Crippen molar-refractivity contribution in [3.8, 4) is 0 Å². The van der Waals surface area contributed by atoms with E-state index in [9.17, 15) is 4.79 Å². The maximum absolute atomic E-state index is 10.8. The maximum Gasteiger partial charge on any atom is 0.306 e. The Morgan fingerprint density at radius 2 is 2.00 bits per heavy atom. The number of rotatable bonds is 3. The Labute approximate surface area is 102 Å². The number of carboxylic acid groups (broad SMARTS) is 1. The van der Waals surface area contributed by atoms with Crippen LogP contribution in [-0.4, -0.2) is 21.0 Å². The van der Waals surface area contributed by atoms with Gasteiger partial charge in [-0.3, -0.25) is 4.79 Å². The van der Waals surface area contributed by atoms with Crippen LogP contribution in [0.4, 0.5) is 0 Å². The predicted molar refractivity (Wildman–Crippen MR) is 66.0 cm³/mol. The summed E-state index contributed by atoms with van der Waals surface area (Å²) >= 11 is 0. The van der Waals surface area contributed by atoms with Gasteiger partial charge < -0.3 is 5.11 Å². The SMILES string of the molecule is Cc1cc(C(C)(C)C)nc(CC(C)C(=O)O)n1. The summed E-state index contributed by atoms with van der Waals surface area (Å²) < 4.78 is 0. The first-order valence-corrected chi connectivity index (χ1v) is 5.78. The lowest BCUT2D eigenvalue weighted by Crippen LogP contribution is -2.19. The van der Waals surface area contributed by atoms with Crippen molar-refractivity contribution in [3.63, 3.8) is 0 Å². The first-order chi connectivity index (χ1) is 7.70. The lowest BCUT2D eigenvalue weighted by atomic mass is 9.91. The highest BCUT2D eigenvalue weighted by atomic mass is 16.4. The molecule has 1 N–H and O–H groups in total. The molecule has 0 aromatic carbocycles. The molecule has 0 aliphatic heterocycles. The van der Waals surface area contributed by atoms with Crippen LogP contribution in [0.5, 0.6) is 0 Å². The Morgan fingerprint density at radius 3 is 2.47 bits per heavy atom. The van der Waals surface area contributed by atoms with Crippen molar-refractivity contribution in [2.45, 2.75) is 46.5 Å². The monoisotopic (exact) mass is 236 g/mol. The molecule has 1 atom stereocenters. The summed E-state index contributed by atoms with van der Waals surface area (Å²) in [6.07, 6.45) is 0.375. The van der Waals surface area contributed by atoms with E-state index in [0.29, 0.717) is 12.2 Å². The molecule has 1 heterocycles. The molecule has 1 unspecified atom stereocenters. The first kappa shape index (κ1) is 13.6. The summed E-state index contributed by atoms with van der Waals surface area (Å²) in [5, 5.41) is 8.89. The van der Waals surface area contributed by atoms with Gasteiger partial charge in [-0.15, -0.1) is 0 Å². The average Bonchev–Trinajstić information content (AvgIpc) is 2.15. The van der Waals surface area contributed by atoms with E-state index in [1.54, 1.807) is 6.92 Å². The van der Waals surface area contributed by atoms with Gasteiger partial charge in [0.15, 0.2) is 0 Å². The van der Waals surface area contributed by atoms with Gasteiger partial charge in [-0.05, 0) is 13.0 Å². The summed E-state index contributed by atoms with van der Waals surface area (Å²) in [6.45, 7) is 9.83. The van der Waals surface area contributed by atoms with E-state index in [0.717, 1.165) is 11.4 Å². The minimum absolute atomic E-state index is 0.0467. The zero-order valence-electron chi connectivity index (χ0n) is 11.1. The van der Waals surface area contributed by atoms with E-state index in [1.807, 2.05) is 13.0 Å². The molecule has 4 nitrogen and oxygen atoms in total. The Balaban J connectivity index is 3.02. The van der Waals surface area contributed by atoms with E-state index in [-0.39, 0.29) is 5.41 Å². The number of nitrogens with zero attached hydrogens (tertiary/aromatic N) is 2. The highest BCUT2D eigenvalue weighted by Gasteiger charge is 2.19. The van der Waals surface area contributed by atoms with E-state index >= 15 is 0 Å². The molecule has 1 rings (SSSR count). The minimum Gasteiger partial charge on any atom is -0.481 e. The molecule has 0 spiro atoms. The molecule has 0 amide bonds. The van der Waals surface area contributed by atoms with Gasteiger partial charge in [0.1, 0.15) is 5.82 Å². The molecule has 0 fully saturated rings. The zero-order valence-corrected chi connectivity index (χ0v) is 11.1. The van der Waals surface area contributed by atoms with Gasteiger partial charge in [0.05, 0.1) is 5.92 Å². The number of hydrogen-bond donors (Lipinski definition) is 1. The predicted octanol–water partition coefficient (Wildman–Crippen LogP) is 2.35. The number of aromatic nitrogens is 2. The second kappa shape index (κ2) is 4.82. The van der Waals surface area contributed by atoms with Crippen molar-refractivity contribution in [1.82, 2.24) is 9.97 Å². The maximum atomic E-state index is 10.8. The third kappa shape index (κ3) is 3.80. The highest BCUT2D eigenvalue weighted by molar-refractivity contribution is 5.69. The first-order valence-electron chi connectivity index (χ1n) is 5.78. The molecule has 0 aliphatic carbocycles. The average molecular weight is 236 g/mol. The third-order valence-electron chi connectivity index (χ3n) is 2.58. The van der Waals surface area contributed by atoms with Crippen LogP contribution in [0.15, 0.2) is 6.07 Å². The molecule has 17 heavy (non-hydrogen) atoms. The van der Waals surface area contributed by atoms with Crippen LogP contribution in [0.2, 0.25) is 0 Å². The Bertz CT molecular complexity index is 422. The summed E-state index contributed by atoms with van der Waals surface area (Å²) in [6, 6.07) is 1.95. The van der Waals surface area contributed by atoms with Crippen LogP contribution in [0.1, 0.15) is 44.9 Å². The molecule has 0 aliphatic rings. The molecule has 1 aromatic heterocycles. The van der Waals surface area contributed by atoms with Crippen molar-refractivity contribution in [1.29, 1.82) is 0 Å². The van der Waals surface area contributed by atoms with E-state index in [2.05, 4.69) is 30.7 Å². The van der Waals surface area contributed by atoms with Gasteiger partial charge >= 0.3 is 5.97 Å². The second-order valence-corrected chi connectivity index (χ2v) is 5.50. The van der Waals surface area contributed by atoms with Gasteiger partial charge in [-0.25, -0.2) is 9.97 Å². The number of aliphatic carboxylic acids is 1. The summed E-state index contributed by atoms with van der Waals surface area (Å²) in [4.78, 5) is 19.6. The highest BCUT2D eigenvalue weighted by Crippen LogP contribution is 2.21. The lowest BCUT2D eigenvalue weighted by Gasteiger charge is -2.19. The number of carboxylic acids is 1. The fraction of sp³-hybridized carbons (Fsp3) is 0.615. The summed E-state index contributed by atoms with van der Waals surface area (Å²) in [5.74, 6) is -0.651. The van der Waals surface area contributed by atoms with Crippen molar-refractivity contribution < 1.29 is 9.90 Å². The van der Waals surface area contributed by atoms with Crippen LogP contribution >= 0.6 is 0 Å². The molecule has 0 radical (unpaired) electrons. The van der Waals surface area contributed by atoms with Crippen LogP contribution in [0.3, 0.4) is 0 Å². The second-order valence-electron chi connectivity index (χ2n) is 5.50. The van der Waals surface area contributed by atoms with Crippen LogP contribution in [0.25, 0.3) is 0 Å². The van der Waals surface area contributed by atoms with Gasteiger partial charge in [-0.2, -0.15) is 0 Å². The van der Waals surface area contributed by atoms with E-state index < -0.39 is 11.9 Å². The third-order valence-corrected chi connectivity index (χ3v) is 2.58. The van der Waals surface area contributed by atoms with Gasteiger partial charge in [-0.1, -0.05) is 27.7 Å². The molecule has 0 saturated carbocycles. The smallest absolute Gasteiger partial charge is 0.306 e. The van der Waals surface area contributed by atoms with Crippen LogP contribution in [0, 0.1) is 12.8 Å². The largest absolute Gasteiger partial charge is 0.481 e. The van der Waals surface area contributed by atoms with Gasteiger partial charge in [0.25, 0.3) is 0 Å². The summed E-state index contributed by atoms with van der Waals surface area (Å²) in [7, 11) is 0. The van der Waals surface area contributed by atoms with Crippen LogP contribution in [-0.2, 0) is 16.6 Å². The number of aryl methyl sites for hydroxylation is 1. The summed E-state index contributed by atoms with van der Waals surface area (Å²) in [5.41, 5.74) is 1.80. The fourth-order valence-electron chi connectivity index (χ4n) is 1.47. The van der Waals surface area contributed by atoms with Gasteiger partial charge in [0, 0.05) is 23.2 Å². The standard InChI is InChI=1S/C13H20N2O2/c1-8(12(16)17)6-11-14-9(2)7-10(15-11)13(3,4)5/h7-8H,6H2,1-5H3,(H,16,17). The molecule has 0 saturated heterocycles. The molecular weight excluding hydrogens is 216 g/mol. The van der Waals surface area contributed by atoms with Crippen molar-refractivity contribution in [3.05, 3.63) is 23.3 Å². The molecule has 0 bridgehead atoms. The zero-order chi connectivity index (χ0) is 13.2. The van der Waals surface area contributed by atoms with Crippen molar-refractivity contribution in [2.24, 2.45) is 5.92 Å². The minimum atomic E-state index is -0.813. The Hall–Kier alpha value is -1.45. The normalized spacial score (nSPS) is 13.5. The van der Waals surface area contributed by atoms with Crippen molar-refractivity contribution in [2.75, 3.05) is 0 Å². The Morgan fingerprint density at radius 1 is 1.41 bits per heavy atom. The topological polar surface area (TPSA) is 63.1 Å². The molecule has 4 heteroatoms. The Kier molecular flexibility index (Phi) is 3.86. The fourth-order valence-corrected chi connectivity index (χ4v) is 1.47. The number of carbonyl (C=O) groups is 1. The molecule has 1 aromatic rings. The van der Waals surface area contributed by atoms with E-state index in [4.69, 9.17) is 5.11 Å². The molecular formula is C13H20N2O2. The number of hydrogen-bond acceptors (Lipinski definition) is 3. The van der Waals surface area contributed by atoms with Gasteiger partial charge in [0.2, 0.25) is 0 Å². The molecule has 94 valence electrons. The van der Waals surface area contributed by atoms with Crippen molar-refractivity contribution >= 4 is 5.97 Å².